The second-order valence-corrected chi connectivity index (χ2v) is 8.30. The van der Waals surface area contributed by atoms with Crippen molar-refractivity contribution >= 4 is 52.3 Å². The quantitative estimate of drug-likeness (QED) is 0.263. The van der Waals surface area contributed by atoms with Gasteiger partial charge in [0.1, 0.15) is 11.3 Å². The highest BCUT2D eigenvalue weighted by atomic mass is 35.5. The van der Waals surface area contributed by atoms with Crippen LogP contribution < -0.4 is 5.32 Å². The first-order chi connectivity index (χ1) is 11.9. The smallest absolute Gasteiger partial charge is 0.256 e. The standard InChI is InChI=1S/C18H20Cl2N2O2S/c1-22-18(24)13(15(21)10-4-5-10)16(23)11-6-7-12(19)17(14(11)20)25-8-9-2-3-9/h6-7,9-10,21,23H,2-5,8H2,1H3,(H,22,24). The van der Waals surface area contributed by atoms with Crippen molar-refractivity contribution in [3.8, 4) is 0 Å². The summed E-state index contributed by atoms with van der Waals surface area (Å²) in [6.45, 7) is 0. The lowest BCUT2D eigenvalue weighted by molar-refractivity contribution is -0.116. The van der Waals surface area contributed by atoms with E-state index in [0.29, 0.717) is 26.4 Å². The van der Waals surface area contributed by atoms with E-state index < -0.39 is 5.91 Å². The second-order valence-electron chi connectivity index (χ2n) is 6.48. The zero-order valence-corrected chi connectivity index (χ0v) is 16.2. The Kier molecular flexibility index (Phi) is 5.66. The number of aliphatic hydroxyl groups is 1. The third-order valence-electron chi connectivity index (χ3n) is 4.41. The number of hydrogen-bond donors (Lipinski definition) is 3. The van der Waals surface area contributed by atoms with Gasteiger partial charge in [0.05, 0.1) is 15.8 Å². The Morgan fingerprint density at radius 3 is 2.56 bits per heavy atom. The number of thioether (sulfide) groups is 1. The van der Waals surface area contributed by atoms with E-state index in [1.54, 1.807) is 23.9 Å². The predicted octanol–water partition coefficient (Wildman–Crippen LogP) is 4.94. The summed E-state index contributed by atoms with van der Waals surface area (Å²) in [6.07, 6.45) is 4.19. The SMILES string of the molecule is CNC(=O)C(C(=N)C1CC1)=C(O)c1ccc(Cl)c(SCC2CC2)c1Cl. The van der Waals surface area contributed by atoms with Gasteiger partial charge in [0, 0.05) is 29.2 Å². The van der Waals surface area contributed by atoms with Crippen molar-refractivity contribution in [2.75, 3.05) is 12.8 Å². The minimum absolute atomic E-state index is 0.00707. The summed E-state index contributed by atoms with van der Waals surface area (Å²) < 4.78 is 0. The van der Waals surface area contributed by atoms with Gasteiger partial charge in [0.25, 0.3) is 5.91 Å². The molecule has 4 nitrogen and oxygen atoms in total. The van der Waals surface area contributed by atoms with Crippen LogP contribution in [0.5, 0.6) is 0 Å². The summed E-state index contributed by atoms with van der Waals surface area (Å²) >= 11 is 14.4. The number of rotatable bonds is 7. The number of halogens is 2. The number of benzene rings is 1. The molecule has 0 spiro atoms. The third-order valence-corrected chi connectivity index (χ3v) is 6.69. The van der Waals surface area contributed by atoms with Gasteiger partial charge in [0.2, 0.25) is 0 Å². The molecule has 3 rings (SSSR count). The van der Waals surface area contributed by atoms with Gasteiger partial charge in [-0.1, -0.05) is 23.2 Å². The average Bonchev–Trinajstić information content (AvgIpc) is 3.47. The maximum absolute atomic E-state index is 12.2. The van der Waals surface area contributed by atoms with E-state index in [1.165, 1.54) is 19.9 Å². The Balaban J connectivity index is 2.00. The van der Waals surface area contributed by atoms with Crippen molar-refractivity contribution in [3.63, 3.8) is 0 Å². The van der Waals surface area contributed by atoms with Gasteiger partial charge in [-0.3, -0.25) is 4.79 Å². The van der Waals surface area contributed by atoms with Gasteiger partial charge in [-0.2, -0.15) is 0 Å². The number of amides is 1. The van der Waals surface area contributed by atoms with Crippen LogP contribution in [-0.4, -0.2) is 29.5 Å². The van der Waals surface area contributed by atoms with Gasteiger partial charge in [-0.25, -0.2) is 0 Å². The molecule has 7 heteroatoms. The molecule has 0 unspecified atom stereocenters. The minimum atomic E-state index is -0.479. The monoisotopic (exact) mass is 398 g/mol. The number of carbonyl (C=O) groups excluding carboxylic acids is 1. The van der Waals surface area contributed by atoms with Gasteiger partial charge in [-0.15, -0.1) is 11.8 Å². The molecule has 0 atom stereocenters. The summed E-state index contributed by atoms with van der Waals surface area (Å²) in [4.78, 5) is 13.0. The number of likely N-dealkylation sites (N-methyl/N-ethyl adjacent to an activating group) is 1. The summed E-state index contributed by atoms with van der Waals surface area (Å²) in [6, 6.07) is 3.28. The molecule has 134 valence electrons. The number of aliphatic hydroxyl groups excluding tert-OH is 1. The summed E-state index contributed by atoms with van der Waals surface area (Å²) in [5, 5.41) is 22.4. The molecule has 0 heterocycles. The van der Waals surface area contributed by atoms with Crippen LogP contribution in [0.1, 0.15) is 31.2 Å². The molecular weight excluding hydrogens is 379 g/mol. The molecule has 25 heavy (non-hydrogen) atoms. The second kappa shape index (κ2) is 7.60. The lowest BCUT2D eigenvalue weighted by Gasteiger charge is -2.14. The Hall–Kier alpha value is -1.17. The van der Waals surface area contributed by atoms with Crippen LogP contribution in [0.4, 0.5) is 0 Å². The van der Waals surface area contributed by atoms with Gasteiger partial charge in [0.15, 0.2) is 0 Å². The molecule has 0 bridgehead atoms. The average molecular weight is 399 g/mol. The van der Waals surface area contributed by atoms with Crippen LogP contribution in [0.15, 0.2) is 22.6 Å². The third kappa shape index (κ3) is 4.15. The summed E-state index contributed by atoms with van der Waals surface area (Å²) in [5.41, 5.74) is 0.496. The van der Waals surface area contributed by atoms with Crippen LogP contribution in [-0.2, 0) is 4.79 Å². The largest absolute Gasteiger partial charge is 0.506 e. The Morgan fingerprint density at radius 1 is 1.32 bits per heavy atom. The zero-order chi connectivity index (χ0) is 18.1. The van der Waals surface area contributed by atoms with E-state index in [-0.39, 0.29) is 23.0 Å². The molecule has 2 saturated carbocycles. The van der Waals surface area contributed by atoms with Crippen LogP contribution in [0.2, 0.25) is 10.0 Å². The lowest BCUT2D eigenvalue weighted by Crippen LogP contribution is -2.26. The molecule has 1 aromatic rings. The fourth-order valence-electron chi connectivity index (χ4n) is 2.53. The van der Waals surface area contributed by atoms with E-state index in [0.717, 1.165) is 18.6 Å². The van der Waals surface area contributed by atoms with E-state index >= 15 is 0 Å². The highest BCUT2D eigenvalue weighted by molar-refractivity contribution is 7.99. The zero-order valence-electron chi connectivity index (χ0n) is 13.9. The molecule has 1 aromatic carbocycles. The molecular formula is C18H20Cl2N2O2S. The molecule has 0 saturated heterocycles. The first kappa shape index (κ1) is 18.6. The van der Waals surface area contributed by atoms with Gasteiger partial charge >= 0.3 is 0 Å². The lowest BCUT2D eigenvalue weighted by atomic mass is 10.0. The van der Waals surface area contributed by atoms with Crippen molar-refractivity contribution in [3.05, 3.63) is 33.3 Å². The van der Waals surface area contributed by atoms with E-state index in [1.807, 2.05) is 0 Å². The molecule has 2 aliphatic carbocycles. The number of hydrogen-bond acceptors (Lipinski definition) is 4. The molecule has 1 amide bonds. The molecule has 2 fully saturated rings. The first-order valence-electron chi connectivity index (χ1n) is 8.29. The molecule has 0 radical (unpaired) electrons. The Morgan fingerprint density at radius 2 is 2.00 bits per heavy atom. The highest BCUT2D eigenvalue weighted by Crippen LogP contribution is 2.43. The molecule has 2 aliphatic rings. The first-order valence-corrected chi connectivity index (χ1v) is 10.0. The summed E-state index contributed by atoms with van der Waals surface area (Å²) in [5.74, 6) is 0.936. The van der Waals surface area contributed by atoms with Gasteiger partial charge < -0.3 is 15.8 Å². The normalized spacial score (nSPS) is 17.9. The maximum atomic E-state index is 12.2. The molecule has 0 aromatic heterocycles. The Labute approximate surface area is 161 Å². The van der Waals surface area contributed by atoms with Crippen LogP contribution >= 0.6 is 35.0 Å². The van der Waals surface area contributed by atoms with Crippen molar-refractivity contribution in [2.45, 2.75) is 30.6 Å². The Bertz CT molecular complexity index is 756. The minimum Gasteiger partial charge on any atom is -0.506 e. The van der Waals surface area contributed by atoms with Crippen molar-refractivity contribution < 1.29 is 9.90 Å². The summed E-state index contributed by atoms with van der Waals surface area (Å²) in [7, 11) is 1.48. The van der Waals surface area contributed by atoms with Crippen LogP contribution in [0.3, 0.4) is 0 Å². The number of nitrogens with one attached hydrogen (secondary N) is 2. The number of carbonyl (C=O) groups is 1. The molecule has 3 N–H and O–H groups in total. The topological polar surface area (TPSA) is 73.2 Å². The van der Waals surface area contributed by atoms with Gasteiger partial charge in [-0.05, 0) is 43.7 Å². The van der Waals surface area contributed by atoms with Crippen LogP contribution in [0, 0.1) is 17.2 Å². The maximum Gasteiger partial charge on any atom is 0.256 e. The highest BCUT2D eigenvalue weighted by Gasteiger charge is 2.34. The van der Waals surface area contributed by atoms with Crippen molar-refractivity contribution in [2.24, 2.45) is 11.8 Å². The predicted molar refractivity (Wildman–Crippen MR) is 104 cm³/mol. The van der Waals surface area contributed by atoms with E-state index in [9.17, 15) is 9.90 Å². The van der Waals surface area contributed by atoms with Crippen LogP contribution in [0.25, 0.3) is 5.76 Å². The van der Waals surface area contributed by atoms with E-state index in [2.05, 4.69) is 5.32 Å². The van der Waals surface area contributed by atoms with Crippen molar-refractivity contribution in [1.82, 2.24) is 5.32 Å². The van der Waals surface area contributed by atoms with Crippen molar-refractivity contribution in [1.29, 1.82) is 5.41 Å². The van der Waals surface area contributed by atoms with E-state index in [4.69, 9.17) is 28.6 Å². The fourth-order valence-corrected chi connectivity index (χ4v) is 4.49. The fraction of sp³-hybridized carbons (Fsp3) is 0.444. The molecule has 0 aliphatic heterocycles.